The second-order valence-electron chi connectivity index (χ2n) is 5.93. The van der Waals surface area contributed by atoms with Gasteiger partial charge in [-0.3, -0.25) is 5.32 Å². The number of aromatic nitrogens is 1. The topological polar surface area (TPSA) is 87.6 Å². The number of thiazole rings is 1. The number of anilines is 1. The van der Waals surface area contributed by atoms with Crippen LogP contribution in [0.2, 0.25) is 0 Å². The van der Waals surface area contributed by atoms with Crippen LogP contribution in [0.15, 0.2) is 29.3 Å². The van der Waals surface area contributed by atoms with Crippen LogP contribution < -0.4 is 16.0 Å². The first-order valence-corrected chi connectivity index (χ1v) is 9.72. The van der Waals surface area contributed by atoms with Crippen molar-refractivity contribution in [1.29, 1.82) is 0 Å². The molecule has 1 aromatic carbocycles. The number of carbonyl (C=O) groups is 1. The Morgan fingerprint density at radius 1 is 1.21 bits per heavy atom. The number of aliphatic imine (C=N–C) groups is 1. The molecule has 0 saturated heterocycles. The van der Waals surface area contributed by atoms with Crippen molar-refractivity contribution in [3.8, 4) is 0 Å². The number of carbonyl (C=O) groups excluding carboxylic acids is 1. The zero-order chi connectivity index (χ0) is 19.6. The van der Waals surface area contributed by atoms with Gasteiger partial charge in [0.25, 0.3) is 0 Å². The van der Waals surface area contributed by atoms with Crippen LogP contribution in [0, 0.1) is 13.8 Å². The number of nitrogens with one attached hydrogen (secondary N) is 3. The highest BCUT2D eigenvalue weighted by Gasteiger charge is 2.04. The van der Waals surface area contributed by atoms with E-state index in [1.165, 1.54) is 12.0 Å². The molecular weight excluding hydrogens is 489 g/mol. The number of ether oxygens (including phenoxy) is 1. The maximum atomic E-state index is 11.2. The molecule has 9 heteroatoms. The van der Waals surface area contributed by atoms with E-state index in [1.807, 2.05) is 38.1 Å². The molecule has 0 fully saturated rings. The highest BCUT2D eigenvalue weighted by Crippen LogP contribution is 2.16. The molecule has 2 rings (SSSR count). The van der Waals surface area contributed by atoms with Gasteiger partial charge in [-0.25, -0.2) is 14.8 Å². The molecule has 3 N–H and O–H groups in total. The summed E-state index contributed by atoms with van der Waals surface area (Å²) >= 11 is 1.75. The van der Waals surface area contributed by atoms with E-state index in [4.69, 9.17) is 0 Å². The van der Waals surface area contributed by atoms with Crippen molar-refractivity contribution in [3.63, 3.8) is 0 Å². The van der Waals surface area contributed by atoms with Crippen molar-refractivity contribution in [2.75, 3.05) is 25.5 Å². The summed E-state index contributed by atoms with van der Waals surface area (Å²) in [6, 6.07) is 7.52. The third kappa shape index (κ3) is 8.01. The fourth-order valence-corrected chi connectivity index (χ4v) is 3.24. The quantitative estimate of drug-likeness (QED) is 0.295. The van der Waals surface area contributed by atoms with E-state index in [1.54, 1.807) is 11.3 Å². The Balaban J connectivity index is 0.00000392. The van der Waals surface area contributed by atoms with Crippen molar-refractivity contribution in [3.05, 3.63) is 45.4 Å². The fraction of sp³-hybridized carbons (Fsp3) is 0.421. The number of halogens is 1. The third-order valence-electron chi connectivity index (χ3n) is 3.85. The second kappa shape index (κ2) is 12.6. The average molecular weight is 517 g/mol. The Labute approximate surface area is 187 Å². The lowest BCUT2D eigenvalue weighted by molar-refractivity contribution is 0.187. The van der Waals surface area contributed by atoms with Crippen molar-refractivity contribution < 1.29 is 9.53 Å². The van der Waals surface area contributed by atoms with Crippen molar-refractivity contribution in [2.45, 2.75) is 33.7 Å². The zero-order valence-corrected chi connectivity index (χ0v) is 19.8. The van der Waals surface area contributed by atoms with Gasteiger partial charge in [0.15, 0.2) is 5.96 Å². The molecule has 0 radical (unpaired) electrons. The molecule has 1 aromatic heterocycles. The molecule has 154 valence electrons. The van der Waals surface area contributed by atoms with E-state index in [9.17, 15) is 4.79 Å². The number of benzene rings is 1. The highest BCUT2D eigenvalue weighted by atomic mass is 127. The Kier molecular flexibility index (Phi) is 10.8. The number of guanidine groups is 1. The first-order valence-electron chi connectivity index (χ1n) is 8.90. The van der Waals surface area contributed by atoms with Gasteiger partial charge in [-0.1, -0.05) is 12.1 Å². The molecule has 1 amide bonds. The molecule has 0 spiro atoms. The smallest absolute Gasteiger partial charge is 0.411 e. The minimum atomic E-state index is -0.481. The van der Waals surface area contributed by atoms with Crippen molar-refractivity contribution in [1.82, 2.24) is 15.6 Å². The fourth-order valence-electron chi connectivity index (χ4n) is 2.31. The number of rotatable bonds is 7. The first-order chi connectivity index (χ1) is 13.0. The Morgan fingerprint density at radius 2 is 1.93 bits per heavy atom. The van der Waals surface area contributed by atoms with Crippen LogP contribution in [-0.2, 0) is 17.7 Å². The van der Waals surface area contributed by atoms with Crippen LogP contribution in [0.1, 0.15) is 28.1 Å². The summed E-state index contributed by atoms with van der Waals surface area (Å²) in [6.07, 6.45) is 0.391. The molecular formula is C19H28IN5O2S. The summed E-state index contributed by atoms with van der Waals surface area (Å²) in [6.45, 7) is 8.30. The van der Waals surface area contributed by atoms with E-state index in [2.05, 4.69) is 37.6 Å². The predicted octanol–water partition coefficient (Wildman–Crippen LogP) is 3.85. The summed E-state index contributed by atoms with van der Waals surface area (Å²) in [4.78, 5) is 21.6. The summed E-state index contributed by atoms with van der Waals surface area (Å²) < 4.78 is 4.58. The van der Waals surface area contributed by atoms with Crippen molar-refractivity contribution >= 4 is 53.1 Å². The number of amides is 1. The van der Waals surface area contributed by atoms with Crippen LogP contribution in [0.25, 0.3) is 0 Å². The Hall–Kier alpha value is -1.88. The monoisotopic (exact) mass is 517 g/mol. The third-order valence-corrected chi connectivity index (χ3v) is 4.99. The normalized spacial score (nSPS) is 10.8. The first kappa shape index (κ1) is 24.2. The van der Waals surface area contributed by atoms with Crippen molar-refractivity contribution in [2.24, 2.45) is 4.99 Å². The van der Waals surface area contributed by atoms with Crippen LogP contribution in [0.5, 0.6) is 0 Å². The lowest BCUT2D eigenvalue weighted by Gasteiger charge is -2.11. The van der Waals surface area contributed by atoms with Gasteiger partial charge < -0.3 is 15.4 Å². The van der Waals surface area contributed by atoms with Gasteiger partial charge in [-0.15, -0.1) is 35.3 Å². The van der Waals surface area contributed by atoms with E-state index < -0.39 is 6.09 Å². The average Bonchev–Trinajstić information content (AvgIpc) is 2.98. The van der Waals surface area contributed by atoms with Gasteiger partial charge in [-0.2, -0.15) is 0 Å². The number of nitrogens with zero attached hydrogens (tertiary/aromatic N) is 2. The lowest BCUT2D eigenvalue weighted by Crippen LogP contribution is -2.38. The van der Waals surface area contributed by atoms with Gasteiger partial charge in [0.2, 0.25) is 0 Å². The van der Waals surface area contributed by atoms with Gasteiger partial charge >= 0.3 is 6.09 Å². The minimum absolute atomic E-state index is 0. The number of aryl methyl sites for hydroxylation is 2. The number of hydrogen-bond acceptors (Lipinski definition) is 5. The maximum absolute atomic E-state index is 11.2. The number of hydrogen-bond donors (Lipinski definition) is 3. The Morgan fingerprint density at radius 3 is 2.50 bits per heavy atom. The molecule has 0 atom stereocenters. The summed E-state index contributed by atoms with van der Waals surface area (Å²) in [5.41, 5.74) is 2.85. The summed E-state index contributed by atoms with van der Waals surface area (Å²) in [5.74, 6) is 0.777. The highest BCUT2D eigenvalue weighted by molar-refractivity contribution is 14.0. The van der Waals surface area contributed by atoms with E-state index >= 15 is 0 Å². The molecule has 1 heterocycles. The molecule has 0 unspecified atom stereocenters. The number of methoxy groups -OCH3 is 1. The molecule has 0 aliphatic carbocycles. The summed E-state index contributed by atoms with van der Waals surface area (Å²) in [7, 11) is 1.34. The van der Waals surface area contributed by atoms with Gasteiger partial charge in [-0.05, 0) is 38.5 Å². The van der Waals surface area contributed by atoms with Crippen LogP contribution in [-0.4, -0.2) is 37.2 Å². The molecule has 7 nitrogen and oxygen atoms in total. The van der Waals surface area contributed by atoms with Gasteiger partial charge in [0.05, 0.1) is 24.4 Å². The molecule has 28 heavy (non-hydrogen) atoms. The molecule has 0 saturated carbocycles. The SMILES string of the molecule is CCNC(=NCc1ccc(NC(=O)OC)cc1)NCCc1nc(C)c(C)s1.I. The Bertz CT molecular complexity index is 758. The van der Waals surface area contributed by atoms with E-state index in [0.29, 0.717) is 12.2 Å². The standard InChI is InChI=1S/C19H27N5O2S.HI/c1-5-20-18(21-11-10-17-23-13(2)14(3)27-17)22-12-15-6-8-16(9-7-15)24-19(25)26-4;/h6-9H,5,10-12H2,1-4H3,(H,24,25)(H2,20,21,22);1H. The molecule has 0 aliphatic rings. The molecule has 0 bridgehead atoms. The second-order valence-corrected chi connectivity index (χ2v) is 7.22. The van der Waals surface area contributed by atoms with Crippen LogP contribution in [0.4, 0.5) is 10.5 Å². The summed E-state index contributed by atoms with van der Waals surface area (Å²) in [5, 5.41) is 10.4. The molecule has 0 aliphatic heterocycles. The van der Waals surface area contributed by atoms with Gasteiger partial charge in [0.1, 0.15) is 0 Å². The minimum Gasteiger partial charge on any atom is -0.453 e. The van der Waals surface area contributed by atoms with Crippen LogP contribution >= 0.6 is 35.3 Å². The largest absolute Gasteiger partial charge is 0.453 e. The van der Waals surface area contributed by atoms with Crippen LogP contribution in [0.3, 0.4) is 0 Å². The maximum Gasteiger partial charge on any atom is 0.411 e. The van der Waals surface area contributed by atoms with E-state index in [0.717, 1.165) is 41.7 Å². The predicted molar refractivity (Wildman–Crippen MR) is 126 cm³/mol. The zero-order valence-electron chi connectivity index (χ0n) is 16.7. The van der Waals surface area contributed by atoms with Gasteiger partial charge in [0, 0.05) is 30.1 Å². The lowest BCUT2D eigenvalue weighted by atomic mass is 10.2. The molecule has 2 aromatic rings. The van der Waals surface area contributed by atoms with E-state index in [-0.39, 0.29) is 24.0 Å².